The maximum absolute atomic E-state index is 12.1. The molecule has 2 aromatic carbocycles. The summed E-state index contributed by atoms with van der Waals surface area (Å²) < 4.78 is 0. The molecule has 0 aliphatic carbocycles. The fourth-order valence-corrected chi connectivity index (χ4v) is 3.45. The third-order valence-corrected chi connectivity index (χ3v) is 5.11. The minimum Gasteiger partial charge on any atom is -0.345 e. The highest BCUT2D eigenvalue weighted by molar-refractivity contribution is 5.94. The van der Waals surface area contributed by atoms with Gasteiger partial charge in [-0.15, -0.1) is 0 Å². The first kappa shape index (κ1) is 18.6. The Kier molecular flexibility index (Phi) is 6.07. The normalized spacial score (nSPS) is 15.8. The van der Waals surface area contributed by atoms with Crippen LogP contribution in [0.5, 0.6) is 0 Å². The molecule has 1 aliphatic rings. The molecule has 0 aromatic heterocycles. The van der Waals surface area contributed by atoms with E-state index in [-0.39, 0.29) is 5.91 Å². The third kappa shape index (κ3) is 4.71. The standard InChI is InChI=1S/C22H29N3O/c1-18-7-4-5-9-21(18)17-25-13-11-24(12-14-25)16-19-8-6-10-20(15-19)22(26)23(2)3/h4-10,15H,11-14,16-17H2,1-3H3. The smallest absolute Gasteiger partial charge is 0.253 e. The molecule has 4 heteroatoms. The van der Waals surface area contributed by atoms with Gasteiger partial charge in [-0.05, 0) is 35.7 Å². The Morgan fingerprint density at radius 2 is 1.58 bits per heavy atom. The predicted octanol–water partition coefficient (Wildman–Crippen LogP) is 3.01. The van der Waals surface area contributed by atoms with Crippen LogP contribution in [0.4, 0.5) is 0 Å². The average Bonchev–Trinajstić information content (AvgIpc) is 2.65. The fourth-order valence-electron chi connectivity index (χ4n) is 3.45. The van der Waals surface area contributed by atoms with Crippen molar-refractivity contribution in [1.29, 1.82) is 0 Å². The fraction of sp³-hybridized carbons (Fsp3) is 0.409. The number of hydrogen-bond acceptors (Lipinski definition) is 3. The lowest BCUT2D eigenvalue weighted by Gasteiger charge is -2.35. The van der Waals surface area contributed by atoms with Crippen molar-refractivity contribution in [1.82, 2.24) is 14.7 Å². The summed E-state index contributed by atoms with van der Waals surface area (Å²) in [5.74, 6) is 0.0647. The molecule has 0 radical (unpaired) electrons. The minimum absolute atomic E-state index is 0.0647. The van der Waals surface area contributed by atoms with E-state index in [2.05, 4.69) is 47.1 Å². The molecule has 1 saturated heterocycles. The van der Waals surface area contributed by atoms with Crippen LogP contribution in [0.15, 0.2) is 48.5 Å². The number of amides is 1. The molecule has 3 rings (SSSR count). The van der Waals surface area contributed by atoms with E-state index < -0.39 is 0 Å². The van der Waals surface area contributed by atoms with Crippen LogP contribution < -0.4 is 0 Å². The van der Waals surface area contributed by atoms with Crippen LogP contribution >= 0.6 is 0 Å². The summed E-state index contributed by atoms with van der Waals surface area (Å²) in [6.45, 7) is 8.44. The van der Waals surface area contributed by atoms with E-state index in [4.69, 9.17) is 0 Å². The molecule has 0 spiro atoms. The number of aryl methyl sites for hydroxylation is 1. The molecule has 138 valence electrons. The zero-order valence-electron chi connectivity index (χ0n) is 16.1. The van der Waals surface area contributed by atoms with Gasteiger partial charge in [-0.3, -0.25) is 14.6 Å². The maximum atomic E-state index is 12.1. The molecule has 0 bridgehead atoms. The lowest BCUT2D eigenvalue weighted by atomic mass is 10.1. The Hall–Kier alpha value is -2.17. The van der Waals surface area contributed by atoms with E-state index in [9.17, 15) is 4.79 Å². The van der Waals surface area contributed by atoms with Gasteiger partial charge in [0, 0.05) is 58.9 Å². The van der Waals surface area contributed by atoms with E-state index in [0.29, 0.717) is 0 Å². The number of rotatable bonds is 5. The Labute approximate surface area is 157 Å². The Morgan fingerprint density at radius 1 is 0.923 bits per heavy atom. The van der Waals surface area contributed by atoms with Crippen LogP contribution in [-0.4, -0.2) is 60.9 Å². The van der Waals surface area contributed by atoms with Gasteiger partial charge in [-0.25, -0.2) is 0 Å². The zero-order valence-corrected chi connectivity index (χ0v) is 16.1. The SMILES string of the molecule is Cc1ccccc1CN1CCN(Cc2cccc(C(=O)N(C)C)c2)CC1. The molecule has 0 atom stereocenters. The monoisotopic (exact) mass is 351 g/mol. The summed E-state index contributed by atoms with van der Waals surface area (Å²) in [6.07, 6.45) is 0. The van der Waals surface area contributed by atoms with Gasteiger partial charge in [0.1, 0.15) is 0 Å². The number of hydrogen-bond donors (Lipinski definition) is 0. The number of piperazine rings is 1. The molecule has 0 N–H and O–H groups in total. The van der Waals surface area contributed by atoms with Crippen molar-refractivity contribution in [3.05, 3.63) is 70.8 Å². The summed E-state index contributed by atoms with van der Waals surface area (Å²) >= 11 is 0. The molecular formula is C22H29N3O. The zero-order chi connectivity index (χ0) is 18.5. The van der Waals surface area contributed by atoms with Gasteiger partial charge < -0.3 is 4.90 Å². The third-order valence-electron chi connectivity index (χ3n) is 5.11. The van der Waals surface area contributed by atoms with Crippen LogP contribution in [-0.2, 0) is 13.1 Å². The average molecular weight is 351 g/mol. The number of benzene rings is 2. The van der Waals surface area contributed by atoms with Crippen molar-refractivity contribution in [3.8, 4) is 0 Å². The molecule has 0 saturated carbocycles. The van der Waals surface area contributed by atoms with Crippen molar-refractivity contribution in [3.63, 3.8) is 0 Å². The van der Waals surface area contributed by atoms with E-state index in [1.165, 1.54) is 16.7 Å². The molecule has 1 heterocycles. The Morgan fingerprint density at radius 3 is 2.23 bits per heavy atom. The molecule has 0 unspecified atom stereocenters. The maximum Gasteiger partial charge on any atom is 0.253 e. The second-order valence-electron chi connectivity index (χ2n) is 7.38. The summed E-state index contributed by atoms with van der Waals surface area (Å²) in [5, 5.41) is 0. The van der Waals surface area contributed by atoms with Crippen molar-refractivity contribution in [2.45, 2.75) is 20.0 Å². The highest BCUT2D eigenvalue weighted by Crippen LogP contribution is 2.15. The molecule has 4 nitrogen and oxygen atoms in total. The lowest BCUT2D eigenvalue weighted by molar-refractivity contribution is 0.0827. The van der Waals surface area contributed by atoms with Crippen LogP contribution in [0, 0.1) is 6.92 Å². The van der Waals surface area contributed by atoms with Gasteiger partial charge >= 0.3 is 0 Å². The Balaban J connectivity index is 1.54. The molecule has 1 aliphatic heterocycles. The van der Waals surface area contributed by atoms with Crippen molar-refractivity contribution >= 4 is 5.91 Å². The summed E-state index contributed by atoms with van der Waals surface area (Å²) in [5.41, 5.74) is 4.78. The molecular weight excluding hydrogens is 322 g/mol. The van der Waals surface area contributed by atoms with Crippen LogP contribution in [0.2, 0.25) is 0 Å². The number of carbonyl (C=O) groups is 1. The van der Waals surface area contributed by atoms with Crippen LogP contribution in [0.25, 0.3) is 0 Å². The first-order chi connectivity index (χ1) is 12.5. The van der Waals surface area contributed by atoms with E-state index >= 15 is 0 Å². The molecule has 2 aromatic rings. The quantitative estimate of drug-likeness (QED) is 0.828. The van der Waals surface area contributed by atoms with Gasteiger partial charge in [0.2, 0.25) is 0 Å². The van der Waals surface area contributed by atoms with Crippen molar-refractivity contribution < 1.29 is 4.79 Å². The summed E-state index contributed by atoms with van der Waals surface area (Å²) in [4.78, 5) is 18.8. The molecule has 1 fully saturated rings. The van der Waals surface area contributed by atoms with Crippen LogP contribution in [0.3, 0.4) is 0 Å². The number of nitrogens with zero attached hydrogens (tertiary/aromatic N) is 3. The second-order valence-corrected chi connectivity index (χ2v) is 7.38. The van der Waals surface area contributed by atoms with Crippen molar-refractivity contribution in [2.75, 3.05) is 40.3 Å². The van der Waals surface area contributed by atoms with Gasteiger partial charge in [-0.1, -0.05) is 36.4 Å². The predicted molar refractivity (Wildman–Crippen MR) is 106 cm³/mol. The number of carbonyl (C=O) groups excluding carboxylic acids is 1. The highest BCUT2D eigenvalue weighted by atomic mass is 16.2. The minimum atomic E-state index is 0.0647. The first-order valence-corrected chi connectivity index (χ1v) is 9.33. The van der Waals surface area contributed by atoms with E-state index in [1.54, 1.807) is 19.0 Å². The second kappa shape index (κ2) is 8.47. The van der Waals surface area contributed by atoms with Crippen LogP contribution in [0.1, 0.15) is 27.0 Å². The van der Waals surface area contributed by atoms with Crippen molar-refractivity contribution in [2.24, 2.45) is 0 Å². The van der Waals surface area contributed by atoms with Gasteiger partial charge in [0.25, 0.3) is 5.91 Å². The van der Waals surface area contributed by atoms with E-state index in [1.807, 2.05) is 18.2 Å². The first-order valence-electron chi connectivity index (χ1n) is 9.33. The molecule has 26 heavy (non-hydrogen) atoms. The van der Waals surface area contributed by atoms with Gasteiger partial charge in [0.15, 0.2) is 0 Å². The van der Waals surface area contributed by atoms with Gasteiger partial charge in [-0.2, -0.15) is 0 Å². The summed E-state index contributed by atoms with van der Waals surface area (Å²) in [6, 6.07) is 16.7. The summed E-state index contributed by atoms with van der Waals surface area (Å²) in [7, 11) is 3.59. The highest BCUT2D eigenvalue weighted by Gasteiger charge is 2.18. The Bertz CT molecular complexity index is 749. The van der Waals surface area contributed by atoms with Gasteiger partial charge in [0.05, 0.1) is 0 Å². The van der Waals surface area contributed by atoms with E-state index in [0.717, 1.165) is 44.8 Å². The molecule has 1 amide bonds. The largest absolute Gasteiger partial charge is 0.345 e. The lowest BCUT2D eigenvalue weighted by Crippen LogP contribution is -2.45. The topological polar surface area (TPSA) is 26.8 Å².